The Morgan fingerprint density at radius 2 is 2.00 bits per heavy atom. The van der Waals surface area contributed by atoms with Crippen LogP contribution in [0, 0.1) is 34.0 Å². The van der Waals surface area contributed by atoms with E-state index < -0.39 is 51.9 Å². The van der Waals surface area contributed by atoms with Crippen molar-refractivity contribution in [3.8, 4) is 0 Å². The largest absolute Gasteiger partial charge is 0.481 e. The van der Waals surface area contributed by atoms with Crippen LogP contribution in [0.15, 0.2) is 12.2 Å². The molecule has 140 valence electrons. The Labute approximate surface area is 151 Å². The number of carbonyl (C=O) groups excluding carboxylic acids is 1. The van der Waals surface area contributed by atoms with Crippen LogP contribution in [0.2, 0.25) is 0 Å². The van der Waals surface area contributed by atoms with Gasteiger partial charge in [-0.25, -0.2) is 0 Å². The summed E-state index contributed by atoms with van der Waals surface area (Å²) in [6, 6.07) is 0. The van der Waals surface area contributed by atoms with Crippen molar-refractivity contribution in [3.63, 3.8) is 0 Å². The van der Waals surface area contributed by atoms with E-state index in [-0.39, 0.29) is 11.3 Å². The van der Waals surface area contributed by atoms with E-state index in [4.69, 9.17) is 4.74 Å². The molecule has 6 rings (SSSR count). The quantitative estimate of drug-likeness (QED) is 0.480. The second-order valence-electron chi connectivity index (χ2n) is 10.1. The number of aliphatic hydroxyl groups is 2. The minimum atomic E-state index is -1.23. The summed E-state index contributed by atoms with van der Waals surface area (Å²) in [6.07, 6.45) is 6.78. The number of carboxylic acid groups (broad SMARTS) is 1. The highest BCUT2D eigenvalue weighted by Gasteiger charge is 2.86. The summed E-state index contributed by atoms with van der Waals surface area (Å²) in [5, 5.41) is 32.2. The lowest BCUT2D eigenvalue weighted by Gasteiger charge is -2.44. The standard InChI is InChI=1S/C20H24O6/c1-16-11(21)3-5-20(26-15(16)24)10-2-4-19(25)9-18(10,8-17(19)6-7-17)12(13(16)20)14(22)23/h3,5,10-13,21,25H,2,4,6-9H2,1H3,(H,22,23)/t10-,11+,12-,13-,16-,18+,19+,20-/m1/s1. The summed E-state index contributed by atoms with van der Waals surface area (Å²) in [7, 11) is 0. The Morgan fingerprint density at radius 1 is 1.27 bits per heavy atom. The first-order valence-electron chi connectivity index (χ1n) is 9.71. The van der Waals surface area contributed by atoms with Gasteiger partial charge in [-0.3, -0.25) is 9.59 Å². The third-order valence-corrected chi connectivity index (χ3v) is 9.43. The minimum absolute atomic E-state index is 0.101. The molecule has 1 saturated heterocycles. The molecule has 0 amide bonds. The fourth-order valence-corrected chi connectivity index (χ4v) is 8.31. The smallest absolute Gasteiger partial charge is 0.316 e. The predicted octanol–water partition coefficient (Wildman–Crippen LogP) is 1.25. The lowest BCUT2D eigenvalue weighted by molar-refractivity contribution is -0.163. The van der Waals surface area contributed by atoms with Crippen molar-refractivity contribution in [1.29, 1.82) is 0 Å². The summed E-state index contributed by atoms with van der Waals surface area (Å²) >= 11 is 0. The van der Waals surface area contributed by atoms with Gasteiger partial charge < -0.3 is 20.1 Å². The third-order valence-electron chi connectivity index (χ3n) is 9.43. The van der Waals surface area contributed by atoms with Gasteiger partial charge >= 0.3 is 11.9 Å². The number of fused-ring (bicyclic) bond motifs is 2. The number of rotatable bonds is 1. The van der Waals surface area contributed by atoms with E-state index in [2.05, 4.69) is 0 Å². The number of hydrogen-bond acceptors (Lipinski definition) is 5. The number of carboxylic acids is 1. The van der Waals surface area contributed by atoms with Crippen LogP contribution in [0.5, 0.6) is 0 Å². The first-order chi connectivity index (χ1) is 12.2. The van der Waals surface area contributed by atoms with Crippen LogP contribution in [-0.2, 0) is 14.3 Å². The second kappa shape index (κ2) is 3.90. The maximum atomic E-state index is 12.8. The molecule has 8 atom stereocenters. The SMILES string of the molecule is C[C@@]12C(=O)O[C@]3(C=C[C@@H]1O)[C@@H]1CC[C@]4(O)C[C@]1(CC41CC1)[C@@H](C(=O)O)[C@@H]32. The van der Waals surface area contributed by atoms with E-state index in [9.17, 15) is 24.9 Å². The summed E-state index contributed by atoms with van der Waals surface area (Å²) in [4.78, 5) is 25.3. The van der Waals surface area contributed by atoms with Crippen LogP contribution >= 0.6 is 0 Å². The molecular formula is C20H24O6. The molecule has 4 saturated carbocycles. The van der Waals surface area contributed by atoms with Crippen molar-refractivity contribution in [3.05, 3.63) is 12.2 Å². The van der Waals surface area contributed by atoms with Gasteiger partial charge in [-0.15, -0.1) is 0 Å². The maximum Gasteiger partial charge on any atom is 0.316 e. The summed E-state index contributed by atoms with van der Waals surface area (Å²) in [5.41, 5.74) is -3.67. The fourth-order valence-electron chi connectivity index (χ4n) is 8.31. The molecule has 5 fully saturated rings. The van der Waals surface area contributed by atoms with Crippen molar-refractivity contribution >= 4 is 11.9 Å². The van der Waals surface area contributed by atoms with Crippen LogP contribution in [0.25, 0.3) is 0 Å². The van der Waals surface area contributed by atoms with Crippen molar-refractivity contribution in [2.75, 3.05) is 0 Å². The summed E-state index contributed by atoms with van der Waals surface area (Å²) in [5.74, 6) is -2.87. The van der Waals surface area contributed by atoms with Gasteiger partial charge in [-0.1, -0.05) is 6.08 Å². The first-order valence-corrected chi connectivity index (χ1v) is 9.71. The van der Waals surface area contributed by atoms with Crippen molar-refractivity contribution in [1.82, 2.24) is 0 Å². The monoisotopic (exact) mass is 360 g/mol. The summed E-state index contributed by atoms with van der Waals surface area (Å²) < 4.78 is 5.96. The molecule has 6 aliphatic rings. The normalized spacial score (nSPS) is 59.9. The zero-order valence-electron chi connectivity index (χ0n) is 14.8. The zero-order chi connectivity index (χ0) is 18.3. The highest BCUT2D eigenvalue weighted by Crippen LogP contribution is 2.83. The highest BCUT2D eigenvalue weighted by atomic mass is 16.6. The predicted molar refractivity (Wildman–Crippen MR) is 87.7 cm³/mol. The Bertz CT molecular complexity index is 796. The molecule has 0 unspecified atom stereocenters. The minimum Gasteiger partial charge on any atom is -0.481 e. The number of esters is 1. The van der Waals surface area contributed by atoms with Crippen LogP contribution in [0.3, 0.4) is 0 Å². The number of carbonyl (C=O) groups is 2. The molecule has 0 aromatic rings. The first kappa shape index (κ1) is 15.6. The molecule has 1 heterocycles. The van der Waals surface area contributed by atoms with E-state index >= 15 is 0 Å². The number of aliphatic carboxylic acids is 1. The topological polar surface area (TPSA) is 104 Å². The molecule has 5 aliphatic carbocycles. The molecule has 26 heavy (non-hydrogen) atoms. The lowest BCUT2D eigenvalue weighted by atomic mass is 9.61. The lowest BCUT2D eigenvalue weighted by Crippen LogP contribution is -2.50. The van der Waals surface area contributed by atoms with Gasteiger partial charge in [0.2, 0.25) is 0 Å². The molecule has 0 radical (unpaired) electrons. The molecule has 6 heteroatoms. The Morgan fingerprint density at radius 3 is 2.65 bits per heavy atom. The van der Waals surface area contributed by atoms with Gasteiger partial charge in [0.15, 0.2) is 0 Å². The average Bonchev–Trinajstić information content (AvgIpc) is 3.22. The molecule has 2 spiro atoms. The van der Waals surface area contributed by atoms with Gasteiger partial charge in [0.05, 0.1) is 17.6 Å². The highest BCUT2D eigenvalue weighted by molar-refractivity contribution is 5.86. The fraction of sp³-hybridized carbons (Fsp3) is 0.800. The van der Waals surface area contributed by atoms with E-state index in [0.717, 1.165) is 12.8 Å². The van der Waals surface area contributed by atoms with Gasteiger partial charge in [0, 0.05) is 11.8 Å². The Kier molecular flexibility index (Phi) is 2.35. The third kappa shape index (κ3) is 1.26. The van der Waals surface area contributed by atoms with Crippen molar-refractivity contribution in [2.45, 2.75) is 62.8 Å². The molecule has 6 nitrogen and oxygen atoms in total. The zero-order valence-corrected chi connectivity index (χ0v) is 14.8. The molecule has 0 aromatic carbocycles. The molecule has 4 bridgehead atoms. The van der Waals surface area contributed by atoms with E-state index in [1.54, 1.807) is 19.1 Å². The van der Waals surface area contributed by atoms with Crippen LogP contribution in [0.1, 0.15) is 45.4 Å². The van der Waals surface area contributed by atoms with Crippen molar-refractivity contribution in [2.24, 2.45) is 34.0 Å². The van der Waals surface area contributed by atoms with Gasteiger partial charge in [-0.2, -0.15) is 0 Å². The van der Waals surface area contributed by atoms with Crippen molar-refractivity contribution < 1.29 is 29.6 Å². The Hall–Kier alpha value is -1.40. The van der Waals surface area contributed by atoms with E-state index in [1.807, 2.05) is 0 Å². The van der Waals surface area contributed by atoms with E-state index in [1.165, 1.54) is 0 Å². The van der Waals surface area contributed by atoms with Gasteiger partial charge in [0.1, 0.15) is 11.0 Å². The van der Waals surface area contributed by atoms with E-state index in [0.29, 0.717) is 25.7 Å². The van der Waals surface area contributed by atoms with Gasteiger partial charge in [0.25, 0.3) is 0 Å². The van der Waals surface area contributed by atoms with Crippen LogP contribution < -0.4 is 0 Å². The van der Waals surface area contributed by atoms with Crippen LogP contribution in [0.4, 0.5) is 0 Å². The van der Waals surface area contributed by atoms with Gasteiger partial charge in [-0.05, 0) is 62.4 Å². The Balaban J connectivity index is 1.61. The molecular weight excluding hydrogens is 336 g/mol. The second-order valence-corrected chi connectivity index (χ2v) is 10.1. The molecule has 0 aromatic heterocycles. The molecule has 3 N–H and O–H groups in total. The number of aliphatic hydroxyl groups excluding tert-OH is 1. The summed E-state index contributed by atoms with van der Waals surface area (Å²) in [6.45, 7) is 1.66. The average molecular weight is 360 g/mol. The maximum absolute atomic E-state index is 12.8. The van der Waals surface area contributed by atoms with Crippen LogP contribution in [-0.4, -0.2) is 44.6 Å². The number of hydrogen-bond donors (Lipinski definition) is 3. The molecule has 1 aliphatic heterocycles. The number of ether oxygens (including phenoxy) is 1.